The molecule has 0 radical (unpaired) electrons. The molecular weight excluding hydrogens is 286 g/mol. The van der Waals surface area contributed by atoms with Gasteiger partial charge in [-0.3, -0.25) is 0 Å². The van der Waals surface area contributed by atoms with E-state index in [4.69, 9.17) is 16.3 Å². The Hall–Kier alpha value is -1.65. The van der Waals surface area contributed by atoms with Gasteiger partial charge in [0.1, 0.15) is 17.4 Å². The maximum Gasteiger partial charge on any atom is 0.129 e. The van der Waals surface area contributed by atoms with Crippen molar-refractivity contribution in [3.8, 4) is 5.75 Å². The van der Waals surface area contributed by atoms with Gasteiger partial charge in [-0.05, 0) is 29.8 Å². The van der Waals surface area contributed by atoms with Crippen LogP contribution in [0.2, 0.25) is 5.02 Å². The molecule has 1 atom stereocenters. The van der Waals surface area contributed by atoms with E-state index in [1.807, 2.05) is 0 Å². The van der Waals surface area contributed by atoms with Gasteiger partial charge in [-0.2, -0.15) is 0 Å². The largest absolute Gasteiger partial charge is 0.496 e. The lowest BCUT2D eigenvalue weighted by Gasteiger charge is -2.15. The third kappa shape index (κ3) is 3.26. The molecule has 0 aliphatic carbocycles. The highest BCUT2D eigenvalue weighted by Gasteiger charge is 2.16. The van der Waals surface area contributed by atoms with Gasteiger partial charge in [0.15, 0.2) is 0 Å². The lowest BCUT2D eigenvalue weighted by atomic mass is 10.00. The van der Waals surface area contributed by atoms with E-state index in [9.17, 15) is 13.9 Å². The molecule has 20 heavy (non-hydrogen) atoms. The lowest BCUT2D eigenvalue weighted by molar-refractivity contribution is 0.172. The van der Waals surface area contributed by atoms with Gasteiger partial charge >= 0.3 is 0 Å². The van der Waals surface area contributed by atoms with Gasteiger partial charge < -0.3 is 9.84 Å². The summed E-state index contributed by atoms with van der Waals surface area (Å²) < 4.78 is 31.6. The van der Waals surface area contributed by atoms with Crippen molar-refractivity contribution in [2.45, 2.75) is 12.5 Å². The standard InChI is InChI=1S/C15H13ClF2O2/c1-20-15-5-3-10(16)7-12(15)14(19)6-9-2-4-11(17)8-13(9)18/h2-5,7-8,14,19H,6H2,1H3. The summed E-state index contributed by atoms with van der Waals surface area (Å²) in [5, 5.41) is 10.6. The lowest BCUT2D eigenvalue weighted by Crippen LogP contribution is -2.06. The molecule has 5 heteroatoms. The molecule has 0 bridgehead atoms. The first-order valence-electron chi connectivity index (χ1n) is 5.96. The first kappa shape index (κ1) is 14.8. The van der Waals surface area contributed by atoms with Crippen LogP contribution in [0.4, 0.5) is 8.78 Å². The van der Waals surface area contributed by atoms with Crippen molar-refractivity contribution in [2.75, 3.05) is 7.11 Å². The fourth-order valence-corrected chi connectivity index (χ4v) is 2.15. The molecule has 106 valence electrons. The zero-order valence-corrected chi connectivity index (χ0v) is 11.5. The number of methoxy groups -OCH3 is 1. The second-order valence-corrected chi connectivity index (χ2v) is 4.78. The SMILES string of the molecule is COc1ccc(Cl)cc1C(O)Cc1ccc(F)cc1F. The monoisotopic (exact) mass is 298 g/mol. The minimum Gasteiger partial charge on any atom is -0.496 e. The van der Waals surface area contributed by atoms with Gasteiger partial charge in [0.25, 0.3) is 0 Å². The molecule has 2 aromatic rings. The summed E-state index contributed by atoms with van der Waals surface area (Å²) in [4.78, 5) is 0. The van der Waals surface area contributed by atoms with Crippen LogP contribution in [0.15, 0.2) is 36.4 Å². The summed E-state index contributed by atoms with van der Waals surface area (Å²) >= 11 is 5.88. The van der Waals surface area contributed by atoms with Crippen LogP contribution in [-0.4, -0.2) is 12.2 Å². The molecule has 0 aliphatic rings. The molecule has 2 aromatic carbocycles. The van der Waals surface area contributed by atoms with E-state index in [0.717, 1.165) is 12.1 Å². The van der Waals surface area contributed by atoms with Crippen LogP contribution >= 0.6 is 11.6 Å². The number of aliphatic hydroxyl groups is 1. The van der Waals surface area contributed by atoms with Crippen molar-refractivity contribution >= 4 is 11.6 Å². The zero-order valence-electron chi connectivity index (χ0n) is 10.7. The number of benzene rings is 2. The summed E-state index contributed by atoms with van der Waals surface area (Å²) in [5.74, 6) is -0.879. The number of aliphatic hydroxyl groups excluding tert-OH is 1. The summed E-state index contributed by atoms with van der Waals surface area (Å²) in [6, 6.07) is 8.08. The van der Waals surface area contributed by atoms with Gasteiger partial charge in [-0.1, -0.05) is 17.7 Å². The molecular formula is C15H13ClF2O2. The Labute approximate surface area is 120 Å². The predicted molar refractivity (Wildman–Crippen MR) is 73.0 cm³/mol. The summed E-state index contributed by atoms with van der Waals surface area (Å²) in [5.41, 5.74) is 0.685. The molecule has 0 aliphatic heterocycles. The van der Waals surface area contributed by atoms with Crippen molar-refractivity contribution in [2.24, 2.45) is 0 Å². The van der Waals surface area contributed by atoms with Gasteiger partial charge in [-0.25, -0.2) is 8.78 Å². The van der Waals surface area contributed by atoms with E-state index in [1.54, 1.807) is 18.2 Å². The molecule has 1 N–H and O–H groups in total. The normalized spacial score (nSPS) is 12.2. The number of ether oxygens (including phenoxy) is 1. The second-order valence-electron chi connectivity index (χ2n) is 4.34. The first-order chi connectivity index (χ1) is 9.51. The van der Waals surface area contributed by atoms with Crippen LogP contribution < -0.4 is 4.74 Å². The third-order valence-corrected chi connectivity index (χ3v) is 3.21. The molecule has 0 amide bonds. The van der Waals surface area contributed by atoms with Gasteiger partial charge in [0, 0.05) is 23.1 Å². The Morgan fingerprint density at radius 1 is 1.20 bits per heavy atom. The third-order valence-electron chi connectivity index (χ3n) is 2.98. The van der Waals surface area contributed by atoms with E-state index >= 15 is 0 Å². The number of hydrogen-bond acceptors (Lipinski definition) is 2. The highest BCUT2D eigenvalue weighted by Crippen LogP contribution is 2.30. The van der Waals surface area contributed by atoms with Crippen LogP contribution in [-0.2, 0) is 6.42 Å². The van der Waals surface area contributed by atoms with Gasteiger partial charge in [0.05, 0.1) is 13.2 Å². The van der Waals surface area contributed by atoms with Crippen LogP contribution in [0.3, 0.4) is 0 Å². The Bertz CT molecular complexity index is 617. The van der Waals surface area contributed by atoms with E-state index < -0.39 is 17.7 Å². The maximum atomic E-state index is 13.6. The van der Waals surface area contributed by atoms with E-state index in [0.29, 0.717) is 16.3 Å². The predicted octanol–water partition coefficient (Wildman–Crippen LogP) is 3.90. The minimum atomic E-state index is -0.997. The molecule has 0 saturated carbocycles. The molecule has 0 saturated heterocycles. The van der Waals surface area contributed by atoms with Crippen LogP contribution in [0.1, 0.15) is 17.2 Å². The van der Waals surface area contributed by atoms with Crippen LogP contribution in [0.25, 0.3) is 0 Å². The Balaban J connectivity index is 2.27. The molecule has 0 fully saturated rings. The maximum absolute atomic E-state index is 13.6. The Morgan fingerprint density at radius 2 is 1.95 bits per heavy atom. The summed E-state index contributed by atoms with van der Waals surface area (Å²) in [6.07, 6.45) is -0.994. The molecule has 2 rings (SSSR count). The van der Waals surface area contributed by atoms with Gasteiger partial charge in [0.2, 0.25) is 0 Å². The van der Waals surface area contributed by atoms with Crippen LogP contribution in [0, 0.1) is 11.6 Å². The number of rotatable bonds is 4. The summed E-state index contributed by atoms with van der Waals surface area (Å²) in [7, 11) is 1.47. The van der Waals surface area contributed by atoms with Gasteiger partial charge in [-0.15, -0.1) is 0 Å². The van der Waals surface area contributed by atoms with E-state index in [1.165, 1.54) is 13.2 Å². The Kier molecular flexibility index (Phi) is 4.57. The zero-order chi connectivity index (χ0) is 14.7. The van der Waals surface area contributed by atoms with E-state index in [-0.39, 0.29) is 12.0 Å². The second kappa shape index (κ2) is 6.20. The topological polar surface area (TPSA) is 29.5 Å². The average molecular weight is 299 g/mol. The molecule has 0 heterocycles. The summed E-state index contributed by atoms with van der Waals surface area (Å²) in [6.45, 7) is 0. The van der Waals surface area contributed by atoms with E-state index in [2.05, 4.69) is 0 Å². The minimum absolute atomic E-state index is 0.00279. The Morgan fingerprint density at radius 3 is 2.60 bits per heavy atom. The smallest absolute Gasteiger partial charge is 0.129 e. The van der Waals surface area contributed by atoms with Crippen LogP contribution in [0.5, 0.6) is 5.75 Å². The molecule has 1 unspecified atom stereocenters. The number of halogens is 3. The number of hydrogen-bond donors (Lipinski definition) is 1. The molecule has 0 spiro atoms. The highest BCUT2D eigenvalue weighted by molar-refractivity contribution is 6.30. The van der Waals surface area contributed by atoms with Crippen molar-refractivity contribution in [3.05, 3.63) is 64.2 Å². The molecule has 0 aromatic heterocycles. The van der Waals surface area contributed by atoms with Crippen molar-refractivity contribution in [1.82, 2.24) is 0 Å². The quantitative estimate of drug-likeness (QED) is 0.927. The first-order valence-corrected chi connectivity index (χ1v) is 6.34. The van der Waals surface area contributed by atoms with Crippen molar-refractivity contribution < 1.29 is 18.6 Å². The fourth-order valence-electron chi connectivity index (χ4n) is 1.97. The fraction of sp³-hybridized carbons (Fsp3) is 0.200. The highest BCUT2D eigenvalue weighted by atomic mass is 35.5. The van der Waals surface area contributed by atoms with Crippen molar-refractivity contribution in [1.29, 1.82) is 0 Å². The van der Waals surface area contributed by atoms with Crippen molar-refractivity contribution in [3.63, 3.8) is 0 Å². The average Bonchev–Trinajstić information content (AvgIpc) is 2.41. The molecule has 2 nitrogen and oxygen atoms in total.